The number of azo groups is 1. The van der Waals surface area contributed by atoms with Crippen LogP contribution >= 0.6 is 0 Å². The number of aliphatic carboxylic acids is 1. The van der Waals surface area contributed by atoms with Crippen molar-refractivity contribution in [2.24, 2.45) is 10.2 Å². The zero-order chi connectivity index (χ0) is 15.3. The average Bonchev–Trinajstić information content (AvgIpc) is 2.19. The number of nitrogens with zero attached hydrogens (tertiary/aromatic N) is 2. The third kappa shape index (κ3) is 13.0. The molecule has 0 bridgehead atoms. The molecule has 0 aliphatic heterocycles. The second-order valence-corrected chi connectivity index (χ2v) is 6.70. The van der Waals surface area contributed by atoms with E-state index in [0.29, 0.717) is 0 Å². The average molecular weight is 296 g/mol. The first kappa shape index (κ1) is 22.3. The van der Waals surface area contributed by atoms with Gasteiger partial charge in [0.2, 0.25) is 5.72 Å². The molecule has 0 saturated heterocycles. The molecule has 0 amide bonds. The van der Waals surface area contributed by atoms with Crippen molar-refractivity contribution in [3.05, 3.63) is 0 Å². The maximum Gasteiger partial charge on any atom is 1.00 e. The minimum atomic E-state index is -1.16. The largest absolute Gasteiger partial charge is 1.00 e. The Morgan fingerprint density at radius 2 is 1.50 bits per heavy atom. The van der Waals surface area contributed by atoms with Gasteiger partial charge in [-0.05, 0) is 54.9 Å². The summed E-state index contributed by atoms with van der Waals surface area (Å²) in [6.45, 7) is 12.8. The molecule has 0 aromatic carbocycles. The van der Waals surface area contributed by atoms with Gasteiger partial charge in [0.25, 0.3) is 0 Å². The van der Waals surface area contributed by atoms with Crippen molar-refractivity contribution in [3.8, 4) is 0 Å². The fourth-order valence-electron chi connectivity index (χ4n) is 0.913. The van der Waals surface area contributed by atoms with E-state index in [1.807, 2.05) is 41.5 Å². The van der Waals surface area contributed by atoms with Crippen LogP contribution in [0.15, 0.2) is 10.2 Å². The molecule has 0 saturated carbocycles. The Morgan fingerprint density at radius 1 is 1.00 bits per heavy atom. The normalized spacial score (nSPS) is 15.8. The van der Waals surface area contributed by atoms with Crippen LogP contribution in [0.4, 0.5) is 0 Å². The van der Waals surface area contributed by atoms with E-state index in [1.165, 1.54) is 0 Å². The molecule has 0 heterocycles. The van der Waals surface area contributed by atoms with Crippen LogP contribution < -0.4 is 34.7 Å². The Hall–Kier alpha value is -0.0100. The van der Waals surface area contributed by atoms with Crippen molar-refractivity contribution >= 4 is 5.97 Å². The third-order valence-electron chi connectivity index (χ3n) is 1.83. The molecular weight excluding hydrogens is 271 g/mol. The molecule has 0 rings (SSSR count). The fraction of sp³-hybridized carbons (Fsp3) is 0.923. The van der Waals surface area contributed by atoms with Gasteiger partial charge in [-0.1, -0.05) is 0 Å². The maximum absolute atomic E-state index is 10.6. The van der Waals surface area contributed by atoms with Gasteiger partial charge in [0.05, 0.1) is 11.1 Å². The van der Waals surface area contributed by atoms with Crippen LogP contribution in [0.1, 0.15) is 61.3 Å². The van der Waals surface area contributed by atoms with E-state index in [2.05, 4.69) is 10.2 Å². The summed E-state index contributed by atoms with van der Waals surface area (Å²) in [6.07, 6.45) is -0.0435. The van der Waals surface area contributed by atoms with Gasteiger partial charge in [0.1, 0.15) is 0 Å². The van der Waals surface area contributed by atoms with Gasteiger partial charge in [-0.15, -0.1) is 0 Å². The summed E-state index contributed by atoms with van der Waals surface area (Å²) in [7, 11) is 0. The summed E-state index contributed by atoms with van der Waals surface area (Å²) in [5.41, 5.74) is -2.02. The topological polar surface area (TPSA) is 83.3 Å². The summed E-state index contributed by atoms with van der Waals surface area (Å²) in [6, 6.07) is 0. The van der Waals surface area contributed by atoms with E-state index in [4.69, 9.17) is 9.78 Å². The van der Waals surface area contributed by atoms with Crippen molar-refractivity contribution in [1.82, 2.24) is 0 Å². The van der Waals surface area contributed by atoms with Crippen LogP contribution in [-0.4, -0.2) is 22.8 Å². The van der Waals surface area contributed by atoms with Crippen LogP contribution in [0.3, 0.4) is 0 Å². The van der Waals surface area contributed by atoms with E-state index >= 15 is 0 Å². The molecular formula is C13H25N2NaO4. The molecule has 0 radical (unpaired) electrons. The Morgan fingerprint density at radius 3 is 1.85 bits per heavy atom. The number of rotatable bonds is 6. The molecule has 0 aliphatic rings. The molecule has 1 atom stereocenters. The van der Waals surface area contributed by atoms with Gasteiger partial charge in [0.15, 0.2) is 0 Å². The van der Waals surface area contributed by atoms with Crippen LogP contribution in [-0.2, 0) is 14.6 Å². The summed E-state index contributed by atoms with van der Waals surface area (Å²) < 4.78 is 0. The number of hydrogen-bond donors (Lipinski definition) is 0. The molecule has 0 aliphatic carbocycles. The van der Waals surface area contributed by atoms with Gasteiger partial charge >= 0.3 is 29.6 Å². The number of carboxylic acids is 1. The maximum atomic E-state index is 10.6. The number of carbonyl (C=O) groups excluding carboxylic acids is 1. The third-order valence-corrected chi connectivity index (χ3v) is 1.83. The van der Waals surface area contributed by atoms with Crippen molar-refractivity contribution < 1.29 is 49.2 Å². The van der Waals surface area contributed by atoms with E-state index in [0.717, 1.165) is 0 Å². The second kappa shape index (κ2) is 8.44. The van der Waals surface area contributed by atoms with Crippen LogP contribution in [0.5, 0.6) is 0 Å². The molecule has 0 aromatic rings. The first-order valence-corrected chi connectivity index (χ1v) is 6.34. The monoisotopic (exact) mass is 296 g/mol. The number of carbonyl (C=O) groups is 1. The fourth-order valence-corrected chi connectivity index (χ4v) is 0.913. The van der Waals surface area contributed by atoms with Gasteiger partial charge < -0.3 is 9.90 Å². The van der Waals surface area contributed by atoms with Crippen molar-refractivity contribution in [2.45, 2.75) is 78.2 Å². The predicted molar refractivity (Wildman–Crippen MR) is 69.2 cm³/mol. The van der Waals surface area contributed by atoms with Crippen LogP contribution in [0.2, 0.25) is 0 Å². The van der Waals surface area contributed by atoms with E-state index in [-0.39, 0.29) is 47.9 Å². The summed E-state index contributed by atoms with van der Waals surface area (Å²) >= 11 is 0. The number of carboxylic acid groups (broad SMARTS) is 1. The van der Waals surface area contributed by atoms with Gasteiger partial charge in [-0.2, -0.15) is 10.2 Å². The zero-order valence-electron chi connectivity index (χ0n) is 13.9. The Balaban J connectivity index is 0. The van der Waals surface area contributed by atoms with E-state index in [9.17, 15) is 9.90 Å². The second-order valence-electron chi connectivity index (χ2n) is 6.70. The first-order chi connectivity index (χ1) is 8.33. The Kier molecular flexibility index (Phi) is 9.40. The van der Waals surface area contributed by atoms with E-state index < -0.39 is 17.3 Å². The molecule has 0 fully saturated rings. The van der Waals surface area contributed by atoms with Crippen LogP contribution in [0, 0.1) is 0 Å². The molecule has 0 N–H and O–H groups in total. The molecule has 6 nitrogen and oxygen atoms in total. The zero-order valence-corrected chi connectivity index (χ0v) is 15.9. The van der Waals surface area contributed by atoms with Crippen LogP contribution in [0.25, 0.3) is 0 Å². The minimum absolute atomic E-state index is 0. The number of hydrogen-bond acceptors (Lipinski definition) is 6. The molecule has 0 spiro atoms. The SMILES string of the molecule is CC(C)(C)/N=N/C(C)(CCC(=O)[O-])OOC(C)(C)C.[Na+]. The van der Waals surface area contributed by atoms with Crippen molar-refractivity contribution in [2.75, 3.05) is 0 Å². The quantitative estimate of drug-likeness (QED) is 0.279. The standard InChI is InChI=1S/C13H26N2O4.Na/c1-11(2,3)14-15-13(7,9-8-10(16)17)19-18-12(4,5)6;/h8-9H2,1-7H3,(H,16,17);/q;+1/p-1/b15-14+;. The predicted octanol–water partition coefficient (Wildman–Crippen LogP) is -0.766. The summed E-state index contributed by atoms with van der Waals surface area (Å²) in [5.74, 6) is -1.16. The minimum Gasteiger partial charge on any atom is -0.550 e. The Bertz CT molecular complexity index is 334. The molecule has 112 valence electrons. The van der Waals surface area contributed by atoms with Crippen molar-refractivity contribution in [1.29, 1.82) is 0 Å². The Labute approximate surface area is 143 Å². The van der Waals surface area contributed by atoms with Gasteiger partial charge in [-0.3, -0.25) is 0 Å². The molecule has 0 aromatic heterocycles. The summed E-state index contributed by atoms with van der Waals surface area (Å²) in [4.78, 5) is 21.1. The molecule has 20 heavy (non-hydrogen) atoms. The van der Waals surface area contributed by atoms with Gasteiger partial charge in [0, 0.05) is 12.4 Å². The van der Waals surface area contributed by atoms with Crippen molar-refractivity contribution in [3.63, 3.8) is 0 Å². The molecule has 7 heteroatoms. The van der Waals surface area contributed by atoms with E-state index in [1.54, 1.807) is 6.92 Å². The summed E-state index contributed by atoms with van der Waals surface area (Å²) in [5, 5.41) is 18.8. The first-order valence-electron chi connectivity index (χ1n) is 6.34. The molecule has 1 unspecified atom stereocenters. The smallest absolute Gasteiger partial charge is 0.550 e. The van der Waals surface area contributed by atoms with Gasteiger partial charge in [-0.25, -0.2) is 9.78 Å².